The predicted octanol–water partition coefficient (Wildman–Crippen LogP) is 2.19. The Morgan fingerprint density at radius 3 is 2.71 bits per heavy atom. The van der Waals surface area contributed by atoms with Gasteiger partial charge in [-0.15, -0.1) is 11.3 Å². The molecule has 5 nitrogen and oxygen atoms in total. The highest BCUT2D eigenvalue weighted by atomic mass is 32.1. The van der Waals surface area contributed by atoms with Gasteiger partial charge in [0.25, 0.3) is 5.91 Å². The number of rotatable bonds is 3. The van der Waals surface area contributed by atoms with Gasteiger partial charge in [0.15, 0.2) is 6.10 Å². The monoisotopic (exact) mass is 348 g/mol. The van der Waals surface area contributed by atoms with E-state index in [1.807, 2.05) is 13.0 Å². The molecule has 1 aromatic heterocycles. The lowest BCUT2D eigenvalue weighted by Gasteiger charge is -2.31. The van der Waals surface area contributed by atoms with Crippen LogP contribution < -0.4 is 5.73 Å². The number of nitrogens with two attached hydrogens (primary N) is 1. The van der Waals surface area contributed by atoms with Crippen LogP contribution >= 0.6 is 11.3 Å². The summed E-state index contributed by atoms with van der Waals surface area (Å²) >= 11 is 1.38. The summed E-state index contributed by atoms with van der Waals surface area (Å²) in [4.78, 5) is 27.1. The summed E-state index contributed by atoms with van der Waals surface area (Å²) in [5.74, 6) is -1.01. The average Bonchev–Trinajstić information content (AvgIpc) is 2.97. The Hall–Kier alpha value is -2.25. The van der Waals surface area contributed by atoms with Crippen molar-refractivity contribution in [1.29, 1.82) is 0 Å². The highest BCUT2D eigenvalue weighted by Crippen LogP contribution is 2.32. The van der Waals surface area contributed by atoms with Crippen LogP contribution in [-0.4, -0.2) is 42.5 Å². The van der Waals surface area contributed by atoms with Crippen molar-refractivity contribution in [3.8, 4) is 11.1 Å². The molecule has 1 aliphatic rings. The number of benzene rings is 1. The van der Waals surface area contributed by atoms with E-state index in [0.717, 1.165) is 16.0 Å². The van der Waals surface area contributed by atoms with E-state index < -0.39 is 12.0 Å². The molecule has 1 aromatic carbocycles. The van der Waals surface area contributed by atoms with Crippen molar-refractivity contribution in [2.24, 2.45) is 5.73 Å². The second-order valence-electron chi connectivity index (χ2n) is 5.60. The first-order valence-corrected chi connectivity index (χ1v) is 8.34. The van der Waals surface area contributed by atoms with E-state index >= 15 is 0 Å². The van der Waals surface area contributed by atoms with Gasteiger partial charge >= 0.3 is 0 Å². The SMILES string of the molecule is Cc1sc(C(=O)N2CCO[C@@H](C(N)=O)C2)cc1-c1ccc(F)cc1. The Balaban J connectivity index is 1.82. The Kier molecular flexibility index (Phi) is 4.64. The van der Waals surface area contributed by atoms with Crippen molar-refractivity contribution >= 4 is 23.2 Å². The topological polar surface area (TPSA) is 72.6 Å². The first kappa shape index (κ1) is 16.6. The minimum atomic E-state index is -0.764. The molecule has 7 heteroatoms. The number of hydrogen-bond acceptors (Lipinski definition) is 4. The molecular formula is C17H17FN2O3S. The van der Waals surface area contributed by atoms with Gasteiger partial charge in [-0.1, -0.05) is 12.1 Å². The lowest BCUT2D eigenvalue weighted by atomic mass is 10.1. The third-order valence-electron chi connectivity index (χ3n) is 3.95. The van der Waals surface area contributed by atoms with E-state index in [0.29, 0.717) is 11.4 Å². The maximum Gasteiger partial charge on any atom is 0.264 e. The smallest absolute Gasteiger partial charge is 0.264 e. The molecule has 0 radical (unpaired) electrons. The molecule has 1 fully saturated rings. The van der Waals surface area contributed by atoms with Gasteiger partial charge in [-0.25, -0.2) is 4.39 Å². The van der Waals surface area contributed by atoms with E-state index in [1.165, 1.54) is 23.5 Å². The van der Waals surface area contributed by atoms with Crippen molar-refractivity contribution in [3.05, 3.63) is 45.9 Å². The Labute approximate surface area is 142 Å². The number of thiophene rings is 1. The van der Waals surface area contributed by atoms with Crippen molar-refractivity contribution in [1.82, 2.24) is 4.90 Å². The maximum atomic E-state index is 13.1. The minimum Gasteiger partial charge on any atom is -0.367 e. The first-order chi connectivity index (χ1) is 11.5. The summed E-state index contributed by atoms with van der Waals surface area (Å²) in [6.07, 6.45) is -0.764. The molecule has 24 heavy (non-hydrogen) atoms. The van der Waals surface area contributed by atoms with Gasteiger partial charge in [-0.3, -0.25) is 9.59 Å². The molecule has 1 aliphatic heterocycles. The molecule has 2 N–H and O–H groups in total. The van der Waals surface area contributed by atoms with Crippen LogP contribution in [0.1, 0.15) is 14.5 Å². The molecule has 1 atom stereocenters. The van der Waals surface area contributed by atoms with Crippen LogP contribution in [0, 0.1) is 12.7 Å². The molecule has 2 amide bonds. The van der Waals surface area contributed by atoms with Gasteiger partial charge in [0.05, 0.1) is 18.0 Å². The zero-order valence-electron chi connectivity index (χ0n) is 13.1. The molecule has 0 spiro atoms. The summed E-state index contributed by atoms with van der Waals surface area (Å²) in [6, 6.07) is 7.98. The van der Waals surface area contributed by atoms with Crippen LogP contribution in [-0.2, 0) is 9.53 Å². The van der Waals surface area contributed by atoms with Gasteiger partial charge in [0, 0.05) is 11.4 Å². The number of aryl methyl sites for hydroxylation is 1. The van der Waals surface area contributed by atoms with Crippen LogP contribution in [0.25, 0.3) is 11.1 Å². The predicted molar refractivity (Wildman–Crippen MR) is 89.3 cm³/mol. The molecule has 0 saturated carbocycles. The van der Waals surface area contributed by atoms with Crippen LogP contribution in [0.5, 0.6) is 0 Å². The number of carbonyl (C=O) groups excluding carboxylic acids is 2. The normalized spacial score (nSPS) is 17.8. The molecule has 1 saturated heterocycles. The summed E-state index contributed by atoms with van der Waals surface area (Å²) < 4.78 is 18.3. The number of nitrogens with zero attached hydrogens (tertiary/aromatic N) is 1. The van der Waals surface area contributed by atoms with Gasteiger partial charge in [-0.05, 0) is 36.2 Å². The lowest BCUT2D eigenvalue weighted by Crippen LogP contribution is -2.50. The number of amides is 2. The third-order valence-corrected chi connectivity index (χ3v) is 4.99. The summed E-state index contributed by atoms with van der Waals surface area (Å²) in [7, 11) is 0. The Morgan fingerprint density at radius 1 is 1.33 bits per heavy atom. The van der Waals surface area contributed by atoms with Crippen molar-refractivity contribution < 1.29 is 18.7 Å². The fourth-order valence-corrected chi connectivity index (χ4v) is 3.68. The van der Waals surface area contributed by atoms with Crippen LogP contribution in [0.15, 0.2) is 30.3 Å². The fraction of sp³-hybridized carbons (Fsp3) is 0.294. The van der Waals surface area contributed by atoms with Crippen LogP contribution in [0.3, 0.4) is 0 Å². The van der Waals surface area contributed by atoms with Crippen molar-refractivity contribution in [3.63, 3.8) is 0 Å². The number of hydrogen-bond donors (Lipinski definition) is 1. The molecule has 2 heterocycles. The summed E-state index contributed by atoms with van der Waals surface area (Å²) in [5.41, 5.74) is 7.02. The molecule has 0 bridgehead atoms. The van der Waals surface area contributed by atoms with Crippen molar-refractivity contribution in [2.75, 3.05) is 19.7 Å². The highest BCUT2D eigenvalue weighted by molar-refractivity contribution is 7.14. The molecule has 0 unspecified atom stereocenters. The number of primary amides is 1. The quantitative estimate of drug-likeness (QED) is 0.924. The second-order valence-corrected chi connectivity index (χ2v) is 6.86. The molecule has 2 aromatic rings. The van der Waals surface area contributed by atoms with E-state index in [9.17, 15) is 14.0 Å². The first-order valence-electron chi connectivity index (χ1n) is 7.52. The third kappa shape index (κ3) is 3.32. The van der Waals surface area contributed by atoms with Crippen molar-refractivity contribution in [2.45, 2.75) is 13.0 Å². The van der Waals surface area contributed by atoms with Crippen LogP contribution in [0.2, 0.25) is 0 Å². The lowest BCUT2D eigenvalue weighted by molar-refractivity contribution is -0.133. The molecular weight excluding hydrogens is 331 g/mol. The van der Waals surface area contributed by atoms with E-state index in [-0.39, 0.29) is 24.9 Å². The highest BCUT2D eigenvalue weighted by Gasteiger charge is 2.29. The van der Waals surface area contributed by atoms with Gasteiger partial charge in [-0.2, -0.15) is 0 Å². The van der Waals surface area contributed by atoms with Gasteiger partial charge in [0.1, 0.15) is 5.82 Å². The minimum absolute atomic E-state index is 0.147. The zero-order chi connectivity index (χ0) is 17.3. The van der Waals surface area contributed by atoms with Gasteiger partial charge in [0.2, 0.25) is 5.91 Å². The number of halogens is 1. The molecule has 126 valence electrons. The van der Waals surface area contributed by atoms with E-state index in [4.69, 9.17) is 10.5 Å². The molecule has 3 rings (SSSR count). The number of ether oxygens (including phenoxy) is 1. The standard InChI is InChI=1S/C17H17FN2O3S/c1-10-13(11-2-4-12(18)5-3-11)8-15(24-10)17(22)20-6-7-23-14(9-20)16(19)21/h2-5,8,14H,6-7,9H2,1H3,(H2,19,21)/t14-/m1/s1. The van der Waals surface area contributed by atoms with Crippen LogP contribution in [0.4, 0.5) is 4.39 Å². The Bertz CT molecular complexity index is 773. The average molecular weight is 348 g/mol. The largest absolute Gasteiger partial charge is 0.367 e. The number of carbonyl (C=O) groups is 2. The summed E-state index contributed by atoms with van der Waals surface area (Å²) in [5, 5.41) is 0. The second kappa shape index (κ2) is 6.70. The Morgan fingerprint density at radius 2 is 2.04 bits per heavy atom. The number of morpholine rings is 1. The summed E-state index contributed by atoms with van der Waals surface area (Å²) in [6.45, 7) is 2.79. The zero-order valence-corrected chi connectivity index (χ0v) is 13.9. The maximum absolute atomic E-state index is 13.1. The van der Waals surface area contributed by atoms with E-state index in [2.05, 4.69) is 0 Å². The molecule has 0 aliphatic carbocycles. The fourth-order valence-electron chi connectivity index (χ4n) is 2.67. The van der Waals surface area contributed by atoms with Gasteiger partial charge < -0.3 is 15.4 Å². The van der Waals surface area contributed by atoms with E-state index in [1.54, 1.807) is 17.0 Å².